The molecule has 7 nitrogen and oxygen atoms in total. The van der Waals surface area contributed by atoms with Crippen LogP contribution in [-0.2, 0) is 11.8 Å². The first-order valence-electron chi connectivity index (χ1n) is 6.01. The Kier molecular flexibility index (Phi) is 4.91. The predicted molar refractivity (Wildman–Crippen MR) is 68.2 cm³/mol. The topological polar surface area (TPSA) is 84.7 Å². The van der Waals surface area contributed by atoms with Crippen molar-refractivity contribution in [3.63, 3.8) is 0 Å². The number of ether oxygens (including phenoxy) is 1. The van der Waals surface area contributed by atoms with Crippen molar-refractivity contribution >= 4 is 11.9 Å². The monoisotopic (exact) mass is 269 g/mol. The van der Waals surface area contributed by atoms with Gasteiger partial charge in [-0.25, -0.2) is 4.68 Å². The third-order valence-electron chi connectivity index (χ3n) is 2.87. The Labute approximate surface area is 111 Å². The van der Waals surface area contributed by atoms with Gasteiger partial charge in [-0.15, -0.1) is 0 Å². The summed E-state index contributed by atoms with van der Waals surface area (Å²) in [5, 5.41) is 12.9. The maximum absolute atomic E-state index is 12.3. The first kappa shape index (κ1) is 15.0. The number of aryl methyl sites for hydroxylation is 1. The number of carbonyl (C=O) groups is 2. The Morgan fingerprint density at radius 2 is 2.21 bits per heavy atom. The van der Waals surface area contributed by atoms with Crippen molar-refractivity contribution in [3.05, 3.63) is 11.8 Å². The molecule has 19 heavy (non-hydrogen) atoms. The number of methoxy groups -OCH3 is 1. The van der Waals surface area contributed by atoms with Crippen molar-refractivity contribution in [1.82, 2.24) is 14.7 Å². The van der Waals surface area contributed by atoms with E-state index < -0.39 is 5.97 Å². The van der Waals surface area contributed by atoms with Crippen LogP contribution in [0.15, 0.2) is 6.07 Å². The molecule has 0 spiro atoms. The van der Waals surface area contributed by atoms with Crippen LogP contribution in [0.3, 0.4) is 0 Å². The molecule has 0 aliphatic rings. The number of rotatable bonds is 6. The standard InChI is InChI=1S/C12H19N3O4/c1-5-15(8(2)6-11(16)17)12(18)9-7-10(19-4)14(3)13-9/h7-8H,5-6H2,1-4H3,(H,16,17). The lowest BCUT2D eigenvalue weighted by molar-refractivity contribution is -0.138. The molecule has 0 radical (unpaired) electrons. The summed E-state index contributed by atoms with van der Waals surface area (Å²) in [6.07, 6.45) is -0.0937. The summed E-state index contributed by atoms with van der Waals surface area (Å²) in [6, 6.07) is 1.15. The summed E-state index contributed by atoms with van der Waals surface area (Å²) in [4.78, 5) is 24.5. The molecule has 0 aliphatic carbocycles. The fourth-order valence-corrected chi connectivity index (χ4v) is 1.91. The number of carboxylic acid groups (broad SMARTS) is 1. The van der Waals surface area contributed by atoms with Crippen molar-refractivity contribution in [3.8, 4) is 5.88 Å². The normalized spacial score (nSPS) is 12.0. The second kappa shape index (κ2) is 6.21. The Hall–Kier alpha value is -2.05. The van der Waals surface area contributed by atoms with Crippen LogP contribution in [0, 0.1) is 0 Å². The molecule has 7 heteroatoms. The Bertz CT molecular complexity index is 470. The van der Waals surface area contributed by atoms with Crippen molar-refractivity contribution in [1.29, 1.82) is 0 Å². The van der Waals surface area contributed by atoms with Gasteiger partial charge in [0.05, 0.1) is 13.5 Å². The van der Waals surface area contributed by atoms with Gasteiger partial charge in [-0.2, -0.15) is 5.10 Å². The van der Waals surface area contributed by atoms with Gasteiger partial charge in [0, 0.05) is 25.7 Å². The van der Waals surface area contributed by atoms with Gasteiger partial charge in [0.1, 0.15) is 0 Å². The minimum Gasteiger partial charge on any atom is -0.481 e. The van der Waals surface area contributed by atoms with Crippen molar-refractivity contribution in [2.75, 3.05) is 13.7 Å². The third-order valence-corrected chi connectivity index (χ3v) is 2.87. The summed E-state index contributed by atoms with van der Waals surface area (Å²) < 4.78 is 6.51. The third kappa shape index (κ3) is 3.46. The lowest BCUT2D eigenvalue weighted by Gasteiger charge is -2.26. The van der Waals surface area contributed by atoms with E-state index >= 15 is 0 Å². The number of carbonyl (C=O) groups excluding carboxylic acids is 1. The molecule has 1 N–H and O–H groups in total. The average Bonchev–Trinajstić information content (AvgIpc) is 2.70. The molecule has 1 atom stereocenters. The van der Waals surface area contributed by atoms with E-state index in [2.05, 4.69) is 5.10 Å². The molecule has 1 aromatic rings. The maximum atomic E-state index is 12.3. The molecule has 0 aromatic carbocycles. The number of aromatic nitrogens is 2. The van der Waals surface area contributed by atoms with Gasteiger partial charge < -0.3 is 14.7 Å². The van der Waals surface area contributed by atoms with Crippen molar-refractivity contribution in [2.24, 2.45) is 7.05 Å². The van der Waals surface area contributed by atoms with Gasteiger partial charge in [0.15, 0.2) is 5.69 Å². The summed E-state index contributed by atoms with van der Waals surface area (Å²) in [5.74, 6) is -0.752. The summed E-state index contributed by atoms with van der Waals surface area (Å²) in [5.41, 5.74) is 0.249. The van der Waals surface area contributed by atoms with Crippen molar-refractivity contribution < 1.29 is 19.4 Å². The smallest absolute Gasteiger partial charge is 0.305 e. The first-order chi connectivity index (χ1) is 8.90. The van der Waals surface area contributed by atoms with E-state index in [-0.39, 0.29) is 24.1 Å². The van der Waals surface area contributed by atoms with Crippen LogP contribution < -0.4 is 4.74 Å². The zero-order valence-electron chi connectivity index (χ0n) is 11.6. The molecule has 1 amide bonds. The second-order valence-corrected chi connectivity index (χ2v) is 4.23. The van der Waals surface area contributed by atoms with Gasteiger partial charge >= 0.3 is 5.97 Å². The highest BCUT2D eigenvalue weighted by Gasteiger charge is 2.24. The van der Waals surface area contributed by atoms with E-state index in [1.165, 1.54) is 16.7 Å². The molecule has 0 bridgehead atoms. The predicted octanol–water partition coefficient (Wildman–Crippen LogP) is 0.754. The van der Waals surface area contributed by atoms with Crippen LogP contribution >= 0.6 is 0 Å². The number of hydrogen-bond donors (Lipinski definition) is 1. The van der Waals surface area contributed by atoms with Crippen molar-refractivity contribution in [2.45, 2.75) is 26.3 Å². The quantitative estimate of drug-likeness (QED) is 0.824. The summed E-state index contributed by atoms with van der Waals surface area (Å²) in [7, 11) is 3.17. The molecule has 0 aliphatic heterocycles. The molecular weight excluding hydrogens is 250 g/mol. The lowest BCUT2D eigenvalue weighted by atomic mass is 10.2. The van der Waals surface area contributed by atoms with Crippen LogP contribution in [0.5, 0.6) is 5.88 Å². The van der Waals surface area contributed by atoms with E-state index in [0.29, 0.717) is 12.4 Å². The highest BCUT2D eigenvalue weighted by Crippen LogP contribution is 2.15. The Morgan fingerprint density at radius 1 is 1.58 bits per heavy atom. The minimum absolute atomic E-state index is 0.0937. The fraction of sp³-hybridized carbons (Fsp3) is 0.583. The molecule has 106 valence electrons. The van der Waals surface area contributed by atoms with E-state index in [1.807, 2.05) is 0 Å². The highest BCUT2D eigenvalue weighted by atomic mass is 16.5. The molecule has 1 unspecified atom stereocenters. The largest absolute Gasteiger partial charge is 0.481 e. The Morgan fingerprint density at radius 3 is 2.63 bits per heavy atom. The number of nitrogens with zero attached hydrogens (tertiary/aromatic N) is 3. The van der Waals surface area contributed by atoms with E-state index in [9.17, 15) is 9.59 Å². The van der Waals surface area contributed by atoms with Crippen LogP contribution in [0.25, 0.3) is 0 Å². The van der Waals surface area contributed by atoms with Crippen LogP contribution in [0.4, 0.5) is 0 Å². The van der Waals surface area contributed by atoms with Gasteiger partial charge in [0.25, 0.3) is 5.91 Å². The Balaban J connectivity index is 2.91. The van der Waals surface area contributed by atoms with Gasteiger partial charge in [-0.3, -0.25) is 9.59 Å². The molecule has 0 saturated heterocycles. The lowest BCUT2D eigenvalue weighted by Crippen LogP contribution is -2.39. The molecule has 0 saturated carbocycles. The highest BCUT2D eigenvalue weighted by molar-refractivity contribution is 5.93. The molecule has 1 rings (SSSR count). The SMILES string of the molecule is CCN(C(=O)c1cc(OC)n(C)n1)C(C)CC(=O)O. The van der Waals surface area contributed by atoms with E-state index in [4.69, 9.17) is 9.84 Å². The number of amides is 1. The number of aliphatic carboxylic acids is 1. The molecule has 1 heterocycles. The van der Waals surface area contributed by atoms with Crippen LogP contribution in [-0.4, -0.2) is 51.4 Å². The van der Waals surface area contributed by atoms with Gasteiger partial charge in [-0.05, 0) is 13.8 Å². The number of carboxylic acids is 1. The zero-order valence-corrected chi connectivity index (χ0v) is 11.6. The first-order valence-corrected chi connectivity index (χ1v) is 6.01. The summed E-state index contributed by atoms with van der Waals surface area (Å²) >= 11 is 0. The van der Waals surface area contributed by atoms with Crippen LogP contribution in [0.1, 0.15) is 30.8 Å². The van der Waals surface area contributed by atoms with Gasteiger partial charge in [-0.1, -0.05) is 0 Å². The molecule has 1 aromatic heterocycles. The molecule has 0 fully saturated rings. The minimum atomic E-state index is -0.933. The zero-order chi connectivity index (χ0) is 14.6. The fourth-order valence-electron chi connectivity index (χ4n) is 1.91. The average molecular weight is 269 g/mol. The van der Waals surface area contributed by atoms with Crippen LogP contribution in [0.2, 0.25) is 0 Å². The summed E-state index contributed by atoms with van der Waals surface area (Å²) in [6.45, 7) is 3.93. The van der Waals surface area contributed by atoms with Gasteiger partial charge in [0.2, 0.25) is 5.88 Å². The van der Waals surface area contributed by atoms with E-state index in [0.717, 1.165) is 0 Å². The second-order valence-electron chi connectivity index (χ2n) is 4.23. The van der Waals surface area contributed by atoms with E-state index in [1.54, 1.807) is 27.0 Å². The maximum Gasteiger partial charge on any atom is 0.305 e. The molecular formula is C12H19N3O4. The number of hydrogen-bond acceptors (Lipinski definition) is 4.